The van der Waals surface area contributed by atoms with E-state index in [-0.39, 0.29) is 30.5 Å². The lowest BCUT2D eigenvalue weighted by Gasteiger charge is -2.34. The van der Waals surface area contributed by atoms with Crippen LogP contribution in [0.1, 0.15) is 5.56 Å². The quantitative estimate of drug-likeness (QED) is 0.864. The van der Waals surface area contributed by atoms with Crippen LogP contribution < -0.4 is 4.90 Å². The fraction of sp³-hybridized carbons (Fsp3) is 0.267. The Balaban J connectivity index is 1.68. The predicted molar refractivity (Wildman–Crippen MR) is 76.0 cm³/mol. The molecule has 3 rings (SSSR count). The standard InChI is InChI=1S/C15H13F3N4O/c16-11-1-2-13(18)10(5-11)8-21-3-4-22(9-14(21)23)15-19-6-12(17)7-20-15/h1-2,5-7H,3-4,8-9H2. The Morgan fingerprint density at radius 2 is 1.78 bits per heavy atom. The number of aromatic nitrogens is 2. The number of hydrogen-bond acceptors (Lipinski definition) is 4. The number of hydrogen-bond donors (Lipinski definition) is 0. The van der Waals surface area contributed by atoms with E-state index < -0.39 is 17.5 Å². The Morgan fingerprint density at radius 1 is 1.04 bits per heavy atom. The molecule has 1 aromatic heterocycles. The van der Waals surface area contributed by atoms with Crippen LogP contribution in [-0.2, 0) is 11.3 Å². The molecule has 5 nitrogen and oxygen atoms in total. The summed E-state index contributed by atoms with van der Waals surface area (Å²) in [4.78, 5) is 22.9. The Kier molecular flexibility index (Phi) is 4.14. The number of piperazine rings is 1. The molecule has 1 aliphatic heterocycles. The minimum atomic E-state index is -0.555. The van der Waals surface area contributed by atoms with Crippen LogP contribution in [0.25, 0.3) is 0 Å². The van der Waals surface area contributed by atoms with Crippen molar-refractivity contribution in [3.05, 3.63) is 53.6 Å². The van der Waals surface area contributed by atoms with Crippen LogP contribution in [0.2, 0.25) is 0 Å². The number of carbonyl (C=O) groups excluding carboxylic acids is 1. The fourth-order valence-electron chi connectivity index (χ4n) is 2.39. The highest BCUT2D eigenvalue weighted by Gasteiger charge is 2.26. The predicted octanol–water partition coefficient (Wildman–Crippen LogP) is 1.74. The zero-order chi connectivity index (χ0) is 16.4. The van der Waals surface area contributed by atoms with E-state index in [9.17, 15) is 18.0 Å². The lowest BCUT2D eigenvalue weighted by Crippen LogP contribution is -2.50. The van der Waals surface area contributed by atoms with Crippen LogP contribution >= 0.6 is 0 Å². The molecular formula is C15H13F3N4O. The maximum absolute atomic E-state index is 13.7. The normalized spacial score (nSPS) is 15.2. The fourth-order valence-corrected chi connectivity index (χ4v) is 2.39. The van der Waals surface area contributed by atoms with Gasteiger partial charge in [0, 0.05) is 25.2 Å². The molecule has 1 saturated heterocycles. The van der Waals surface area contributed by atoms with Gasteiger partial charge in [0.05, 0.1) is 12.4 Å². The summed E-state index contributed by atoms with van der Waals surface area (Å²) in [6.07, 6.45) is 2.06. The highest BCUT2D eigenvalue weighted by atomic mass is 19.1. The molecule has 0 bridgehead atoms. The van der Waals surface area contributed by atoms with Crippen molar-refractivity contribution < 1.29 is 18.0 Å². The number of halogens is 3. The Labute approximate surface area is 130 Å². The lowest BCUT2D eigenvalue weighted by atomic mass is 10.1. The van der Waals surface area contributed by atoms with Crippen LogP contribution in [0.4, 0.5) is 19.1 Å². The molecule has 0 radical (unpaired) electrons. The number of benzene rings is 1. The second kappa shape index (κ2) is 6.23. The van der Waals surface area contributed by atoms with Crippen molar-refractivity contribution in [3.8, 4) is 0 Å². The molecule has 0 atom stereocenters. The van der Waals surface area contributed by atoms with Gasteiger partial charge in [0.2, 0.25) is 11.9 Å². The topological polar surface area (TPSA) is 49.3 Å². The van der Waals surface area contributed by atoms with E-state index in [1.807, 2.05) is 0 Å². The summed E-state index contributed by atoms with van der Waals surface area (Å²) in [6, 6.07) is 3.15. The Morgan fingerprint density at radius 3 is 2.48 bits per heavy atom. The molecule has 23 heavy (non-hydrogen) atoms. The van der Waals surface area contributed by atoms with Crippen molar-refractivity contribution in [2.75, 3.05) is 24.5 Å². The maximum Gasteiger partial charge on any atom is 0.242 e. The number of carbonyl (C=O) groups is 1. The number of nitrogens with zero attached hydrogens (tertiary/aromatic N) is 4. The molecular weight excluding hydrogens is 309 g/mol. The third-order valence-corrected chi connectivity index (χ3v) is 3.58. The highest BCUT2D eigenvalue weighted by Crippen LogP contribution is 2.16. The molecule has 120 valence electrons. The molecule has 1 aliphatic rings. The van der Waals surface area contributed by atoms with Crippen LogP contribution in [-0.4, -0.2) is 40.4 Å². The van der Waals surface area contributed by atoms with Crippen molar-refractivity contribution in [2.24, 2.45) is 0 Å². The molecule has 8 heteroatoms. The largest absolute Gasteiger partial charge is 0.335 e. The number of anilines is 1. The van der Waals surface area contributed by atoms with Crippen molar-refractivity contribution in [1.82, 2.24) is 14.9 Å². The van der Waals surface area contributed by atoms with Gasteiger partial charge in [0.25, 0.3) is 0 Å². The van der Waals surface area contributed by atoms with E-state index in [0.29, 0.717) is 13.1 Å². The summed E-state index contributed by atoms with van der Waals surface area (Å²) in [7, 11) is 0. The summed E-state index contributed by atoms with van der Waals surface area (Å²) < 4.78 is 39.7. The van der Waals surface area contributed by atoms with Gasteiger partial charge < -0.3 is 9.80 Å². The van der Waals surface area contributed by atoms with Crippen molar-refractivity contribution in [2.45, 2.75) is 6.54 Å². The summed E-state index contributed by atoms with van der Waals surface area (Å²) in [5.41, 5.74) is 0.129. The first-order valence-electron chi connectivity index (χ1n) is 6.97. The van der Waals surface area contributed by atoms with Crippen LogP contribution in [0.5, 0.6) is 0 Å². The first-order chi connectivity index (χ1) is 11.0. The van der Waals surface area contributed by atoms with Gasteiger partial charge in [0.15, 0.2) is 5.82 Å². The monoisotopic (exact) mass is 322 g/mol. The molecule has 0 N–H and O–H groups in total. The van der Waals surface area contributed by atoms with E-state index in [0.717, 1.165) is 30.6 Å². The zero-order valence-electron chi connectivity index (χ0n) is 12.0. The van der Waals surface area contributed by atoms with Gasteiger partial charge in [-0.1, -0.05) is 0 Å². The van der Waals surface area contributed by atoms with Gasteiger partial charge >= 0.3 is 0 Å². The van der Waals surface area contributed by atoms with Gasteiger partial charge in [-0.05, 0) is 18.2 Å². The van der Waals surface area contributed by atoms with Gasteiger partial charge in [-0.25, -0.2) is 23.1 Å². The second-order valence-corrected chi connectivity index (χ2v) is 5.17. The van der Waals surface area contributed by atoms with Gasteiger partial charge in [-0.15, -0.1) is 0 Å². The number of amides is 1. The second-order valence-electron chi connectivity index (χ2n) is 5.17. The zero-order valence-corrected chi connectivity index (χ0v) is 12.0. The van der Waals surface area contributed by atoms with E-state index in [1.54, 1.807) is 4.90 Å². The van der Waals surface area contributed by atoms with E-state index >= 15 is 0 Å². The third kappa shape index (κ3) is 3.41. The van der Waals surface area contributed by atoms with Crippen LogP contribution in [0.3, 0.4) is 0 Å². The molecule has 2 aromatic rings. The average molecular weight is 322 g/mol. The van der Waals surface area contributed by atoms with Gasteiger partial charge in [-0.2, -0.15) is 0 Å². The smallest absolute Gasteiger partial charge is 0.242 e. The maximum atomic E-state index is 13.7. The van der Waals surface area contributed by atoms with Gasteiger partial charge in [-0.3, -0.25) is 4.79 Å². The minimum Gasteiger partial charge on any atom is -0.335 e. The van der Waals surface area contributed by atoms with E-state index in [4.69, 9.17) is 0 Å². The summed E-state index contributed by atoms with van der Waals surface area (Å²) in [6.45, 7) is 0.743. The van der Waals surface area contributed by atoms with Crippen molar-refractivity contribution >= 4 is 11.9 Å². The Hall–Kier alpha value is -2.64. The first kappa shape index (κ1) is 15.3. The molecule has 0 unspecified atom stereocenters. The van der Waals surface area contributed by atoms with Crippen LogP contribution in [0, 0.1) is 17.5 Å². The molecule has 0 spiro atoms. The molecule has 2 heterocycles. The summed E-state index contributed by atoms with van der Waals surface area (Å²) in [5.74, 6) is -1.65. The van der Waals surface area contributed by atoms with E-state index in [2.05, 4.69) is 9.97 Å². The van der Waals surface area contributed by atoms with E-state index in [1.165, 1.54) is 4.90 Å². The number of rotatable bonds is 3. The average Bonchev–Trinajstić information content (AvgIpc) is 2.53. The highest BCUT2D eigenvalue weighted by molar-refractivity contribution is 5.82. The SMILES string of the molecule is O=C1CN(c2ncc(F)cn2)CCN1Cc1cc(F)ccc1F. The van der Waals surface area contributed by atoms with Crippen molar-refractivity contribution in [1.29, 1.82) is 0 Å². The summed E-state index contributed by atoms with van der Waals surface area (Å²) in [5, 5.41) is 0. The molecule has 1 amide bonds. The molecule has 1 fully saturated rings. The third-order valence-electron chi connectivity index (χ3n) is 3.58. The molecule has 0 aliphatic carbocycles. The lowest BCUT2D eigenvalue weighted by molar-refractivity contribution is -0.131. The first-order valence-corrected chi connectivity index (χ1v) is 6.97. The minimum absolute atomic E-state index is 0.000537. The summed E-state index contributed by atoms with van der Waals surface area (Å²) >= 11 is 0. The van der Waals surface area contributed by atoms with Gasteiger partial charge in [0.1, 0.15) is 18.2 Å². The van der Waals surface area contributed by atoms with Crippen LogP contribution in [0.15, 0.2) is 30.6 Å². The Bertz CT molecular complexity index is 723. The molecule has 0 saturated carbocycles. The van der Waals surface area contributed by atoms with Crippen molar-refractivity contribution in [3.63, 3.8) is 0 Å². The molecule has 1 aromatic carbocycles.